The minimum Gasteiger partial charge on any atom is -0.490 e. The number of hydrogen-bond donors (Lipinski definition) is 4. The van der Waals surface area contributed by atoms with Crippen molar-refractivity contribution in [2.24, 2.45) is 0 Å². The molecule has 0 aliphatic carbocycles. The maximum absolute atomic E-state index is 11.9. The molecule has 20 heavy (non-hydrogen) atoms. The number of ether oxygens (including phenoxy) is 1. The Morgan fingerprint density at radius 3 is 2.85 bits per heavy atom. The number of thiol groups is 1. The molecule has 9 heteroatoms. The molecule has 5 nitrogen and oxygen atoms in total. The first kappa shape index (κ1) is 14.6. The molecule has 2 rings (SSSR count). The Morgan fingerprint density at radius 2 is 2.15 bits per heavy atom. The topological polar surface area (TPSA) is 62.4 Å². The fourth-order valence-electron chi connectivity index (χ4n) is 1.67. The molecule has 1 heterocycles. The number of para-hydroxylation sites is 1. The molecule has 1 atom stereocenters. The summed E-state index contributed by atoms with van der Waals surface area (Å²) in [6.45, 7) is -0.309. The fourth-order valence-corrected chi connectivity index (χ4v) is 1.93. The molecular weight excluding hydrogens is 295 g/mol. The third kappa shape index (κ3) is 3.41. The average Bonchev–Trinajstić information content (AvgIpc) is 2.74. The van der Waals surface area contributed by atoms with E-state index < -0.39 is 12.1 Å². The molecule has 1 unspecified atom stereocenters. The molecule has 3 N–H and O–H groups in total. The number of carbonyl (C=O) groups excluding carboxylic acids is 1. The lowest BCUT2D eigenvalue weighted by atomic mass is 10.2. The highest BCUT2D eigenvalue weighted by atomic mass is 32.1. The third-order valence-electron chi connectivity index (χ3n) is 2.50. The Hall–Kier alpha value is -1.77. The number of carbonyl (C=O) groups is 1. The van der Waals surface area contributed by atoms with Crippen LogP contribution in [0.3, 0.4) is 0 Å². The van der Waals surface area contributed by atoms with Crippen molar-refractivity contribution >= 4 is 29.9 Å². The molecule has 1 aromatic carbocycles. The first-order chi connectivity index (χ1) is 9.38. The lowest BCUT2D eigenvalue weighted by molar-refractivity contribution is -0.173. The van der Waals surface area contributed by atoms with Gasteiger partial charge in [0.25, 0.3) is 0 Å². The van der Waals surface area contributed by atoms with Gasteiger partial charge in [-0.05, 0) is 12.1 Å². The van der Waals surface area contributed by atoms with Crippen LogP contribution in [0.2, 0.25) is 0 Å². The van der Waals surface area contributed by atoms with E-state index in [1.807, 2.05) is 6.07 Å². The van der Waals surface area contributed by atoms with E-state index in [1.54, 1.807) is 17.4 Å². The van der Waals surface area contributed by atoms with E-state index in [0.717, 1.165) is 5.69 Å². The van der Waals surface area contributed by atoms with E-state index in [4.69, 9.17) is 4.74 Å². The monoisotopic (exact) mass is 307 g/mol. The molecule has 0 fully saturated rings. The van der Waals surface area contributed by atoms with Gasteiger partial charge in [-0.1, -0.05) is 6.07 Å². The smallest absolute Gasteiger partial charge is 0.471 e. The van der Waals surface area contributed by atoms with Crippen LogP contribution in [0.15, 0.2) is 18.2 Å². The Balaban J connectivity index is 1.84. The molecule has 0 saturated carbocycles. The van der Waals surface area contributed by atoms with Gasteiger partial charge in [-0.25, -0.2) is 0 Å². The van der Waals surface area contributed by atoms with Crippen molar-refractivity contribution in [3.8, 4) is 5.75 Å². The predicted octanol–water partition coefficient (Wildman–Crippen LogP) is 1.79. The second-order valence-electron chi connectivity index (χ2n) is 3.97. The molecule has 0 spiro atoms. The fraction of sp³-hybridized carbons (Fsp3) is 0.364. The summed E-state index contributed by atoms with van der Waals surface area (Å²) in [5, 5.41) is 7.75. The van der Waals surface area contributed by atoms with Gasteiger partial charge >= 0.3 is 12.1 Å². The summed E-state index contributed by atoms with van der Waals surface area (Å²) >= 11 is 4.19. The van der Waals surface area contributed by atoms with Crippen LogP contribution in [0.4, 0.5) is 24.5 Å². The molecule has 1 aliphatic heterocycles. The van der Waals surface area contributed by atoms with Crippen LogP contribution in [0.1, 0.15) is 0 Å². The number of anilines is 2. The first-order valence-corrected chi connectivity index (χ1v) is 6.21. The Bertz CT molecular complexity index is 510. The molecule has 110 valence electrons. The van der Waals surface area contributed by atoms with E-state index in [1.165, 1.54) is 0 Å². The zero-order chi connectivity index (χ0) is 14.8. The summed E-state index contributed by atoms with van der Waals surface area (Å²) in [6.07, 6.45) is -4.88. The van der Waals surface area contributed by atoms with Gasteiger partial charge in [-0.2, -0.15) is 13.2 Å². The van der Waals surface area contributed by atoms with Crippen molar-refractivity contribution < 1.29 is 22.7 Å². The number of amides is 1. The van der Waals surface area contributed by atoms with E-state index >= 15 is 0 Å². The third-order valence-corrected chi connectivity index (χ3v) is 2.76. The van der Waals surface area contributed by atoms with Crippen molar-refractivity contribution in [3.05, 3.63) is 18.2 Å². The van der Waals surface area contributed by atoms with Crippen LogP contribution in [-0.2, 0) is 4.79 Å². The van der Waals surface area contributed by atoms with Gasteiger partial charge in [-0.15, -0.1) is 12.6 Å². The van der Waals surface area contributed by atoms with Crippen LogP contribution in [0.25, 0.3) is 0 Å². The minimum absolute atomic E-state index is 0.0722. The molecular formula is C11H12F3N3O2S. The van der Waals surface area contributed by atoms with Crippen molar-refractivity contribution in [1.82, 2.24) is 5.32 Å². The van der Waals surface area contributed by atoms with Gasteiger partial charge in [-0.3, -0.25) is 4.79 Å². The quantitative estimate of drug-likeness (QED) is 0.506. The Morgan fingerprint density at radius 1 is 1.40 bits per heavy atom. The summed E-state index contributed by atoms with van der Waals surface area (Å²) in [5.74, 6) is -1.50. The Kier molecular flexibility index (Phi) is 4.17. The number of benzene rings is 1. The van der Waals surface area contributed by atoms with Gasteiger partial charge in [0, 0.05) is 0 Å². The highest BCUT2D eigenvalue weighted by molar-refractivity contribution is 7.81. The number of nitrogens with one attached hydrogen (secondary N) is 3. The molecule has 1 aromatic rings. The van der Waals surface area contributed by atoms with Gasteiger partial charge in [0.2, 0.25) is 0 Å². The van der Waals surface area contributed by atoms with Crippen molar-refractivity contribution in [2.75, 3.05) is 23.8 Å². The van der Waals surface area contributed by atoms with Gasteiger partial charge in [0.15, 0.2) is 0 Å². The maximum atomic E-state index is 11.9. The highest BCUT2D eigenvalue weighted by Crippen LogP contribution is 2.38. The zero-order valence-corrected chi connectivity index (χ0v) is 11.0. The standard InChI is InChI=1S/C11H12F3N3O2S/c12-11(13,14)9(18)15-4-5-19-7-3-1-2-6-8(7)17-10(20)16-6/h1-3,10,16-17,20H,4-5H2,(H,15,18). The van der Waals surface area contributed by atoms with Crippen LogP contribution >= 0.6 is 12.6 Å². The molecule has 1 aliphatic rings. The van der Waals surface area contributed by atoms with Crippen molar-refractivity contribution in [2.45, 2.75) is 11.7 Å². The van der Waals surface area contributed by atoms with Gasteiger partial charge in [0.1, 0.15) is 23.5 Å². The van der Waals surface area contributed by atoms with Crippen LogP contribution < -0.4 is 20.7 Å². The van der Waals surface area contributed by atoms with Gasteiger partial charge in [0.05, 0.1) is 12.2 Å². The minimum atomic E-state index is -4.88. The number of alkyl halides is 3. The SMILES string of the molecule is O=C(NCCOc1cccc2c1NC(S)N2)C(F)(F)F. The summed E-state index contributed by atoms with van der Waals surface area (Å²) in [4.78, 5) is 10.6. The summed E-state index contributed by atoms with van der Waals surface area (Å²) in [6, 6.07) is 5.23. The molecule has 0 aromatic heterocycles. The second kappa shape index (κ2) is 5.70. The number of fused-ring (bicyclic) bond motifs is 1. The normalized spacial score (nSPS) is 16.9. The maximum Gasteiger partial charge on any atom is 0.471 e. The van der Waals surface area contributed by atoms with Crippen LogP contribution in [0.5, 0.6) is 5.75 Å². The van der Waals surface area contributed by atoms with E-state index in [-0.39, 0.29) is 18.6 Å². The van der Waals surface area contributed by atoms with Crippen molar-refractivity contribution in [1.29, 1.82) is 0 Å². The van der Waals surface area contributed by atoms with Crippen LogP contribution in [0, 0.1) is 0 Å². The molecule has 1 amide bonds. The zero-order valence-electron chi connectivity index (χ0n) is 10.1. The first-order valence-electron chi connectivity index (χ1n) is 5.70. The molecule has 0 bridgehead atoms. The number of hydrogen-bond acceptors (Lipinski definition) is 5. The average molecular weight is 307 g/mol. The van der Waals surface area contributed by atoms with Gasteiger partial charge < -0.3 is 20.7 Å². The highest BCUT2D eigenvalue weighted by Gasteiger charge is 2.38. The lowest BCUT2D eigenvalue weighted by Crippen LogP contribution is -2.38. The molecule has 0 radical (unpaired) electrons. The predicted molar refractivity (Wildman–Crippen MR) is 71.0 cm³/mol. The summed E-state index contributed by atoms with van der Waals surface area (Å²) in [7, 11) is 0. The van der Waals surface area contributed by atoms with E-state index in [9.17, 15) is 18.0 Å². The molecule has 0 saturated heterocycles. The van der Waals surface area contributed by atoms with E-state index in [0.29, 0.717) is 11.4 Å². The Labute approximate surface area is 118 Å². The lowest BCUT2D eigenvalue weighted by Gasteiger charge is -2.11. The number of halogens is 3. The second-order valence-corrected chi connectivity index (χ2v) is 4.49. The summed E-state index contributed by atoms with van der Waals surface area (Å²) in [5.41, 5.74) is 1.23. The number of rotatable bonds is 4. The van der Waals surface area contributed by atoms with Crippen LogP contribution in [-0.4, -0.2) is 30.7 Å². The van der Waals surface area contributed by atoms with Crippen molar-refractivity contribution in [3.63, 3.8) is 0 Å². The largest absolute Gasteiger partial charge is 0.490 e. The summed E-state index contributed by atoms with van der Waals surface area (Å²) < 4.78 is 41.2. The van der Waals surface area contributed by atoms with E-state index in [2.05, 4.69) is 23.3 Å².